The lowest BCUT2D eigenvalue weighted by atomic mass is 10.2. The van der Waals surface area contributed by atoms with Crippen molar-refractivity contribution in [3.63, 3.8) is 0 Å². The van der Waals surface area contributed by atoms with E-state index in [1.807, 2.05) is 0 Å². The molecular weight excluding hydrogens is 276 g/mol. The Labute approximate surface area is 122 Å². The van der Waals surface area contributed by atoms with Crippen LogP contribution in [-0.2, 0) is 4.79 Å². The maximum atomic E-state index is 12.0. The zero-order chi connectivity index (χ0) is 14.5. The van der Waals surface area contributed by atoms with E-state index in [1.165, 1.54) is 0 Å². The second-order valence-electron chi connectivity index (χ2n) is 4.30. The molecule has 0 aromatic heterocycles. The van der Waals surface area contributed by atoms with Crippen molar-refractivity contribution in [2.24, 2.45) is 0 Å². The van der Waals surface area contributed by atoms with Gasteiger partial charge in [-0.2, -0.15) is 0 Å². The quantitative estimate of drug-likeness (QED) is 0.849. The van der Waals surface area contributed by atoms with Gasteiger partial charge in [-0.25, -0.2) is 0 Å². The van der Waals surface area contributed by atoms with Gasteiger partial charge in [0.25, 0.3) is 5.91 Å². The van der Waals surface area contributed by atoms with Gasteiger partial charge < -0.3 is 15.8 Å². The number of carbonyl (C=O) groups is 1. The van der Waals surface area contributed by atoms with Gasteiger partial charge in [-0.05, 0) is 43.3 Å². The normalized spacial score (nSPS) is 11.7. The first kappa shape index (κ1) is 14.2. The third-order valence-corrected chi connectivity index (χ3v) is 3.00. The van der Waals surface area contributed by atoms with Crippen molar-refractivity contribution >= 4 is 28.9 Å². The van der Waals surface area contributed by atoms with Crippen LogP contribution in [0.3, 0.4) is 0 Å². The molecule has 104 valence electrons. The highest BCUT2D eigenvalue weighted by Gasteiger charge is 2.15. The van der Waals surface area contributed by atoms with E-state index in [4.69, 9.17) is 22.1 Å². The summed E-state index contributed by atoms with van der Waals surface area (Å²) in [4.78, 5) is 12.0. The molecule has 0 spiro atoms. The van der Waals surface area contributed by atoms with Crippen LogP contribution >= 0.6 is 11.6 Å². The van der Waals surface area contributed by atoms with Crippen molar-refractivity contribution in [2.45, 2.75) is 13.0 Å². The van der Waals surface area contributed by atoms with Crippen molar-refractivity contribution in [3.05, 3.63) is 53.6 Å². The number of halogens is 1. The number of nitrogens with two attached hydrogens (primary N) is 1. The molecule has 4 nitrogen and oxygen atoms in total. The van der Waals surface area contributed by atoms with Gasteiger partial charge in [0.2, 0.25) is 0 Å². The Hall–Kier alpha value is -2.20. The lowest BCUT2D eigenvalue weighted by Crippen LogP contribution is -2.30. The first-order valence-corrected chi connectivity index (χ1v) is 6.51. The summed E-state index contributed by atoms with van der Waals surface area (Å²) in [6.45, 7) is 1.66. The number of nitrogen functional groups attached to an aromatic ring is 1. The Balaban J connectivity index is 1.99. The number of hydrogen-bond donors (Lipinski definition) is 2. The number of rotatable bonds is 4. The molecule has 0 saturated heterocycles. The highest BCUT2D eigenvalue weighted by atomic mass is 35.5. The predicted octanol–water partition coefficient (Wildman–Crippen LogP) is 3.33. The number of hydrogen-bond acceptors (Lipinski definition) is 3. The Morgan fingerprint density at radius 1 is 1.20 bits per heavy atom. The molecule has 0 saturated carbocycles. The van der Waals surface area contributed by atoms with E-state index in [9.17, 15) is 4.79 Å². The van der Waals surface area contributed by atoms with Crippen molar-refractivity contribution in [3.8, 4) is 5.75 Å². The Morgan fingerprint density at radius 2 is 1.85 bits per heavy atom. The van der Waals surface area contributed by atoms with Crippen LogP contribution in [0.15, 0.2) is 48.5 Å². The zero-order valence-corrected chi connectivity index (χ0v) is 11.7. The van der Waals surface area contributed by atoms with Gasteiger partial charge in [-0.15, -0.1) is 0 Å². The molecule has 2 rings (SSSR count). The van der Waals surface area contributed by atoms with Crippen LogP contribution in [-0.4, -0.2) is 12.0 Å². The summed E-state index contributed by atoms with van der Waals surface area (Å²) in [6, 6.07) is 13.9. The molecule has 0 aliphatic carbocycles. The van der Waals surface area contributed by atoms with Crippen LogP contribution in [0.1, 0.15) is 6.92 Å². The van der Waals surface area contributed by atoms with Gasteiger partial charge in [0, 0.05) is 11.4 Å². The molecule has 0 bridgehead atoms. The summed E-state index contributed by atoms with van der Waals surface area (Å²) < 4.78 is 5.53. The van der Waals surface area contributed by atoms with Gasteiger partial charge in [0.1, 0.15) is 5.75 Å². The van der Waals surface area contributed by atoms with Crippen LogP contribution < -0.4 is 15.8 Å². The summed E-state index contributed by atoms with van der Waals surface area (Å²) in [5.74, 6) is 0.226. The van der Waals surface area contributed by atoms with Crippen LogP contribution in [0, 0.1) is 0 Å². The number of ether oxygens (including phenoxy) is 1. The molecule has 2 aromatic carbocycles. The average Bonchev–Trinajstić information content (AvgIpc) is 2.44. The smallest absolute Gasteiger partial charge is 0.265 e. The number of carbonyl (C=O) groups excluding carboxylic acids is 1. The Morgan fingerprint density at radius 3 is 2.50 bits per heavy atom. The summed E-state index contributed by atoms with van der Waals surface area (Å²) in [5.41, 5.74) is 6.89. The summed E-state index contributed by atoms with van der Waals surface area (Å²) in [7, 11) is 0. The monoisotopic (exact) mass is 290 g/mol. The Kier molecular flexibility index (Phi) is 4.48. The first-order chi connectivity index (χ1) is 9.56. The largest absolute Gasteiger partial charge is 0.479 e. The molecule has 2 aromatic rings. The number of nitrogens with one attached hydrogen (secondary N) is 1. The molecule has 0 heterocycles. The SMILES string of the molecule is C[C@H](Oc1ccccc1Cl)C(=O)Nc1ccc(N)cc1. The fraction of sp³-hybridized carbons (Fsp3) is 0.133. The second kappa shape index (κ2) is 6.30. The molecule has 0 unspecified atom stereocenters. The molecule has 0 radical (unpaired) electrons. The molecule has 1 amide bonds. The third kappa shape index (κ3) is 3.65. The molecule has 0 aliphatic rings. The van der Waals surface area contributed by atoms with Crippen molar-refractivity contribution in [1.82, 2.24) is 0 Å². The number of amides is 1. The first-order valence-electron chi connectivity index (χ1n) is 6.14. The zero-order valence-electron chi connectivity index (χ0n) is 11.0. The highest BCUT2D eigenvalue weighted by Crippen LogP contribution is 2.24. The topological polar surface area (TPSA) is 64.3 Å². The van der Waals surface area contributed by atoms with Crippen LogP contribution in [0.5, 0.6) is 5.75 Å². The van der Waals surface area contributed by atoms with E-state index < -0.39 is 6.10 Å². The van der Waals surface area contributed by atoms with Gasteiger partial charge >= 0.3 is 0 Å². The maximum Gasteiger partial charge on any atom is 0.265 e. The predicted molar refractivity (Wildman–Crippen MR) is 81.0 cm³/mol. The standard InChI is InChI=1S/C15H15ClN2O2/c1-10(20-14-5-3-2-4-13(14)16)15(19)18-12-8-6-11(17)7-9-12/h2-10H,17H2,1H3,(H,18,19)/t10-/m0/s1. The van der Waals surface area contributed by atoms with E-state index >= 15 is 0 Å². The minimum atomic E-state index is -0.660. The van der Waals surface area contributed by atoms with E-state index in [1.54, 1.807) is 55.5 Å². The van der Waals surface area contributed by atoms with Crippen LogP contribution in [0.25, 0.3) is 0 Å². The fourth-order valence-corrected chi connectivity index (χ4v) is 1.77. The molecule has 3 N–H and O–H groups in total. The van der Waals surface area contributed by atoms with Gasteiger partial charge in [0.05, 0.1) is 5.02 Å². The maximum absolute atomic E-state index is 12.0. The molecule has 20 heavy (non-hydrogen) atoms. The minimum Gasteiger partial charge on any atom is -0.479 e. The van der Waals surface area contributed by atoms with Crippen molar-refractivity contribution in [1.29, 1.82) is 0 Å². The van der Waals surface area contributed by atoms with Crippen molar-refractivity contribution < 1.29 is 9.53 Å². The number of anilines is 2. The van der Waals surface area contributed by atoms with Gasteiger partial charge in [0.15, 0.2) is 6.10 Å². The molecule has 1 atom stereocenters. The number of para-hydroxylation sites is 1. The summed E-state index contributed by atoms with van der Waals surface area (Å²) in [6.07, 6.45) is -0.660. The molecular formula is C15H15ClN2O2. The van der Waals surface area contributed by atoms with E-state index in [0.29, 0.717) is 22.1 Å². The average molecular weight is 291 g/mol. The third-order valence-electron chi connectivity index (χ3n) is 2.69. The van der Waals surface area contributed by atoms with E-state index in [2.05, 4.69) is 5.32 Å². The lowest BCUT2D eigenvalue weighted by Gasteiger charge is -2.15. The minimum absolute atomic E-state index is 0.255. The van der Waals surface area contributed by atoms with E-state index in [0.717, 1.165) is 0 Å². The fourth-order valence-electron chi connectivity index (χ4n) is 1.59. The van der Waals surface area contributed by atoms with Gasteiger partial charge in [-0.1, -0.05) is 23.7 Å². The summed E-state index contributed by atoms with van der Waals surface area (Å²) in [5, 5.41) is 3.22. The van der Waals surface area contributed by atoms with Gasteiger partial charge in [-0.3, -0.25) is 4.79 Å². The summed E-state index contributed by atoms with van der Waals surface area (Å²) >= 11 is 5.98. The molecule has 0 aliphatic heterocycles. The lowest BCUT2D eigenvalue weighted by molar-refractivity contribution is -0.122. The Bertz CT molecular complexity index is 599. The van der Waals surface area contributed by atoms with E-state index in [-0.39, 0.29) is 5.91 Å². The number of benzene rings is 2. The van der Waals surface area contributed by atoms with Crippen molar-refractivity contribution in [2.75, 3.05) is 11.1 Å². The van der Waals surface area contributed by atoms with Crippen LogP contribution in [0.2, 0.25) is 5.02 Å². The molecule has 5 heteroatoms. The highest BCUT2D eigenvalue weighted by molar-refractivity contribution is 6.32. The molecule has 0 fully saturated rings. The second-order valence-corrected chi connectivity index (χ2v) is 4.71. The van der Waals surface area contributed by atoms with Crippen LogP contribution in [0.4, 0.5) is 11.4 Å².